The largest absolute Gasteiger partial charge is 0.416 e. The van der Waals surface area contributed by atoms with Crippen LogP contribution in [0.15, 0.2) is 24.3 Å². The highest BCUT2D eigenvalue weighted by atomic mass is 35.5. The lowest BCUT2D eigenvalue weighted by molar-refractivity contribution is -0.201. The summed E-state index contributed by atoms with van der Waals surface area (Å²) in [5.41, 5.74) is 5.88. The van der Waals surface area contributed by atoms with Crippen LogP contribution in [0.5, 0.6) is 0 Å². The number of aliphatic hydroxyl groups is 1. The summed E-state index contributed by atoms with van der Waals surface area (Å²) in [6, 6.07) is 5.78. The molecule has 1 unspecified atom stereocenters. The van der Waals surface area contributed by atoms with Gasteiger partial charge in [0.2, 0.25) is 0 Å². The molecule has 0 saturated heterocycles. The third-order valence-electron chi connectivity index (χ3n) is 1.98. The predicted octanol–water partition coefficient (Wildman–Crippen LogP) is 1.34. The van der Waals surface area contributed by atoms with E-state index in [4.69, 9.17) is 10.8 Å². The lowest BCUT2D eigenvalue weighted by atomic mass is 10.2. The molecule has 1 aromatic carbocycles. The van der Waals surface area contributed by atoms with Crippen LogP contribution in [0.3, 0.4) is 0 Å². The molecule has 102 valence electrons. The Balaban J connectivity index is 0.00000289. The van der Waals surface area contributed by atoms with E-state index in [0.29, 0.717) is 5.69 Å². The molecular weight excluding hydrogens is 273 g/mol. The number of aliphatic hydroxyl groups excluding tert-OH is 1. The van der Waals surface area contributed by atoms with E-state index in [-0.39, 0.29) is 18.0 Å². The lowest BCUT2D eigenvalue weighted by Crippen LogP contribution is -2.40. The number of carbonyl (C=O) groups is 1. The van der Waals surface area contributed by atoms with E-state index in [1.807, 2.05) is 5.32 Å². The molecule has 1 aromatic rings. The molecular formula is C10H12ClF3N2O2. The number of nitrogens with one attached hydrogen (secondary N) is 1. The van der Waals surface area contributed by atoms with Gasteiger partial charge in [-0.25, -0.2) is 0 Å². The summed E-state index contributed by atoms with van der Waals surface area (Å²) < 4.78 is 35.8. The Kier molecular flexibility index (Phi) is 5.93. The van der Waals surface area contributed by atoms with E-state index < -0.39 is 24.7 Å². The van der Waals surface area contributed by atoms with Crippen LogP contribution in [0.2, 0.25) is 0 Å². The van der Waals surface area contributed by atoms with Crippen LogP contribution in [-0.4, -0.2) is 29.8 Å². The van der Waals surface area contributed by atoms with Crippen molar-refractivity contribution in [3.05, 3.63) is 29.8 Å². The number of benzene rings is 1. The summed E-state index contributed by atoms with van der Waals surface area (Å²) in [4.78, 5) is 11.4. The molecule has 1 rings (SSSR count). The van der Waals surface area contributed by atoms with Gasteiger partial charge in [-0.15, -0.1) is 12.4 Å². The SMILES string of the molecule is Cl.Nc1cccc(C(=O)NCC(O)C(F)(F)F)c1. The Morgan fingerprint density at radius 2 is 2.06 bits per heavy atom. The highest BCUT2D eigenvalue weighted by molar-refractivity contribution is 5.94. The van der Waals surface area contributed by atoms with Crippen LogP contribution in [0.4, 0.5) is 18.9 Å². The van der Waals surface area contributed by atoms with Gasteiger partial charge in [0.25, 0.3) is 5.91 Å². The monoisotopic (exact) mass is 284 g/mol. The van der Waals surface area contributed by atoms with Crippen LogP contribution in [0.1, 0.15) is 10.4 Å². The van der Waals surface area contributed by atoms with Crippen LogP contribution in [0.25, 0.3) is 0 Å². The first kappa shape index (κ1) is 16.5. The molecule has 0 aliphatic rings. The van der Waals surface area contributed by atoms with Crippen molar-refractivity contribution in [2.24, 2.45) is 0 Å². The fourth-order valence-electron chi connectivity index (χ4n) is 1.09. The van der Waals surface area contributed by atoms with Crippen molar-refractivity contribution in [2.45, 2.75) is 12.3 Å². The first-order valence-corrected chi connectivity index (χ1v) is 4.69. The van der Waals surface area contributed by atoms with Gasteiger partial charge in [0.1, 0.15) is 0 Å². The highest BCUT2D eigenvalue weighted by Gasteiger charge is 2.38. The van der Waals surface area contributed by atoms with Gasteiger partial charge in [-0.2, -0.15) is 13.2 Å². The molecule has 1 atom stereocenters. The second-order valence-electron chi connectivity index (χ2n) is 3.39. The summed E-state index contributed by atoms with van der Waals surface area (Å²) in [6.07, 6.45) is -7.32. The molecule has 0 heterocycles. The van der Waals surface area contributed by atoms with Crippen LogP contribution >= 0.6 is 12.4 Å². The van der Waals surface area contributed by atoms with Crippen molar-refractivity contribution in [1.82, 2.24) is 5.32 Å². The molecule has 0 radical (unpaired) electrons. The second-order valence-corrected chi connectivity index (χ2v) is 3.39. The maximum Gasteiger partial charge on any atom is 0.416 e. The quantitative estimate of drug-likeness (QED) is 0.733. The molecule has 0 fully saturated rings. The van der Waals surface area contributed by atoms with Gasteiger partial charge in [0.05, 0.1) is 6.54 Å². The fourth-order valence-corrected chi connectivity index (χ4v) is 1.09. The Bertz CT molecular complexity index is 412. The average molecular weight is 285 g/mol. The number of rotatable bonds is 3. The van der Waals surface area contributed by atoms with Crippen LogP contribution in [0, 0.1) is 0 Å². The number of hydrogen-bond acceptors (Lipinski definition) is 3. The van der Waals surface area contributed by atoms with Crippen molar-refractivity contribution in [2.75, 3.05) is 12.3 Å². The van der Waals surface area contributed by atoms with Gasteiger partial charge in [-0.1, -0.05) is 6.07 Å². The van der Waals surface area contributed by atoms with E-state index in [9.17, 15) is 18.0 Å². The smallest absolute Gasteiger partial charge is 0.399 e. The normalized spacial score (nSPS) is 12.4. The van der Waals surface area contributed by atoms with E-state index in [2.05, 4.69) is 0 Å². The number of alkyl halides is 3. The molecule has 0 bridgehead atoms. The molecule has 4 N–H and O–H groups in total. The molecule has 0 saturated carbocycles. The van der Waals surface area contributed by atoms with Crippen molar-refractivity contribution < 1.29 is 23.1 Å². The molecule has 4 nitrogen and oxygen atoms in total. The van der Waals surface area contributed by atoms with Gasteiger partial charge >= 0.3 is 6.18 Å². The zero-order chi connectivity index (χ0) is 13.1. The number of nitrogens with two attached hydrogens (primary N) is 1. The van der Waals surface area contributed by atoms with E-state index in [1.165, 1.54) is 18.2 Å². The Hall–Kier alpha value is -1.47. The standard InChI is InChI=1S/C10H11F3N2O2.ClH/c11-10(12,13)8(16)5-15-9(17)6-2-1-3-7(14)4-6;/h1-4,8,16H,5,14H2,(H,15,17);1H. The van der Waals surface area contributed by atoms with Gasteiger partial charge in [-0.05, 0) is 18.2 Å². The van der Waals surface area contributed by atoms with Crippen molar-refractivity contribution in [1.29, 1.82) is 0 Å². The van der Waals surface area contributed by atoms with E-state index in [0.717, 1.165) is 0 Å². The zero-order valence-electron chi connectivity index (χ0n) is 9.07. The Labute approximate surface area is 107 Å². The Morgan fingerprint density at radius 3 is 2.56 bits per heavy atom. The summed E-state index contributed by atoms with van der Waals surface area (Å²) in [5, 5.41) is 10.6. The predicted molar refractivity (Wildman–Crippen MR) is 62.5 cm³/mol. The topological polar surface area (TPSA) is 75.4 Å². The summed E-state index contributed by atoms with van der Waals surface area (Å²) in [6.45, 7) is -0.892. The lowest BCUT2D eigenvalue weighted by Gasteiger charge is -2.15. The number of amides is 1. The summed E-state index contributed by atoms with van der Waals surface area (Å²) >= 11 is 0. The van der Waals surface area contributed by atoms with Gasteiger partial charge in [-0.3, -0.25) is 4.79 Å². The number of nitrogen functional groups attached to an aromatic ring is 1. The molecule has 1 amide bonds. The van der Waals surface area contributed by atoms with E-state index in [1.54, 1.807) is 6.07 Å². The summed E-state index contributed by atoms with van der Waals surface area (Å²) in [7, 11) is 0. The average Bonchev–Trinajstić information content (AvgIpc) is 2.24. The number of carbonyl (C=O) groups excluding carboxylic acids is 1. The van der Waals surface area contributed by atoms with Crippen LogP contribution < -0.4 is 11.1 Å². The minimum atomic E-state index is -4.75. The molecule has 8 heteroatoms. The highest BCUT2D eigenvalue weighted by Crippen LogP contribution is 2.19. The third-order valence-corrected chi connectivity index (χ3v) is 1.98. The first-order valence-electron chi connectivity index (χ1n) is 4.69. The second kappa shape index (κ2) is 6.46. The van der Waals surface area contributed by atoms with E-state index >= 15 is 0 Å². The van der Waals surface area contributed by atoms with Crippen molar-refractivity contribution >= 4 is 24.0 Å². The number of halogens is 4. The molecule has 0 spiro atoms. The number of hydrogen-bond donors (Lipinski definition) is 3. The first-order chi connectivity index (χ1) is 7.80. The summed E-state index contributed by atoms with van der Waals surface area (Å²) in [5.74, 6) is -0.722. The number of anilines is 1. The third kappa shape index (κ3) is 4.80. The van der Waals surface area contributed by atoms with Gasteiger partial charge in [0.15, 0.2) is 6.10 Å². The zero-order valence-corrected chi connectivity index (χ0v) is 9.89. The minimum absolute atomic E-state index is 0. The maximum atomic E-state index is 11.9. The molecule has 0 aromatic heterocycles. The van der Waals surface area contributed by atoms with Crippen molar-refractivity contribution in [3.8, 4) is 0 Å². The molecule has 0 aliphatic carbocycles. The molecule has 18 heavy (non-hydrogen) atoms. The Morgan fingerprint density at radius 1 is 1.44 bits per heavy atom. The van der Waals surface area contributed by atoms with Crippen LogP contribution in [-0.2, 0) is 0 Å². The maximum absolute atomic E-state index is 11.9. The van der Waals surface area contributed by atoms with Gasteiger partial charge < -0.3 is 16.2 Å². The fraction of sp³-hybridized carbons (Fsp3) is 0.300. The molecule has 0 aliphatic heterocycles. The minimum Gasteiger partial charge on any atom is -0.399 e. The van der Waals surface area contributed by atoms with Gasteiger partial charge in [0, 0.05) is 11.3 Å². The van der Waals surface area contributed by atoms with Crippen molar-refractivity contribution in [3.63, 3.8) is 0 Å².